The number of hydrogen-bond acceptors (Lipinski definition) is 13. The number of nitrogens with two attached hydrogens (primary N) is 1. The number of carbonyl (C=O) groups excluding carboxylic acids is 5. The third-order valence-corrected chi connectivity index (χ3v) is 8.91. The van der Waals surface area contributed by atoms with Crippen molar-refractivity contribution in [2.45, 2.75) is 43.0 Å². The molecule has 198 valence electrons. The van der Waals surface area contributed by atoms with Crippen LogP contribution < -0.4 is 5.84 Å². The number of aryl methyl sites for hydroxylation is 1. The van der Waals surface area contributed by atoms with Gasteiger partial charge in [0.05, 0.1) is 29.4 Å². The lowest BCUT2D eigenvalue weighted by Crippen LogP contribution is -2.60. The molecular weight excluding hydrogens is 538 g/mol. The van der Waals surface area contributed by atoms with Gasteiger partial charge >= 0.3 is 34.1 Å². The van der Waals surface area contributed by atoms with E-state index in [1.165, 1.54) is 21.1 Å². The maximum atomic E-state index is 13.4. The molecule has 0 aromatic carbocycles. The van der Waals surface area contributed by atoms with Crippen LogP contribution in [0.25, 0.3) is 0 Å². The summed E-state index contributed by atoms with van der Waals surface area (Å²) in [5, 5.41) is 6.45. The van der Waals surface area contributed by atoms with Gasteiger partial charge in [0.15, 0.2) is 11.5 Å². The van der Waals surface area contributed by atoms with E-state index < -0.39 is 51.9 Å². The normalized spacial score (nSPS) is 25.7. The van der Waals surface area contributed by atoms with Crippen molar-refractivity contribution >= 4 is 74.6 Å². The Morgan fingerprint density at radius 1 is 1.29 bits per heavy atom. The smallest absolute Gasteiger partial charge is 0.378 e. The first-order valence-corrected chi connectivity index (χ1v) is 13.2. The second kappa shape index (κ2) is 10.9. The van der Waals surface area contributed by atoms with Crippen LogP contribution in [0.4, 0.5) is 4.79 Å². The highest BCUT2D eigenvalue weighted by Crippen LogP contribution is 2.53. The molecule has 38 heavy (non-hydrogen) atoms. The maximum Gasteiger partial charge on any atom is 0.378 e. The van der Waals surface area contributed by atoms with E-state index in [1.807, 2.05) is 0 Å². The highest BCUT2D eigenvalue weighted by Gasteiger charge is 2.66. The Bertz CT molecular complexity index is 1200. The number of hydrogen-bond donors (Lipinski definition) is 1. The number of amides is 3. The minimum absolute atomic E-state index is 0.122. The van der Waals surface area contributed by atoms with Crippen LogP contribution in [0.15, 0.2) is 10.5 Å². The lowest BCUT2D eigenvalue weighted by Gasteiger charge is -2.40. The summed E-state index contributed by atoms with van der Waals surface area (Å²) < 4.78 is 8.69. The SMILES string of the molecule is [B]OC(=O)[C@@H](CC)O/N=C(\C(=O)CC1C(=O)N2C[C@@](C(=O)O[B])(N3CCN(N)C3=O)S[C@H]12)c1csc(C)n1. The van der Waals surface area contributed by atoms with E-state index in [2.05, 4.69) is 19.4 Å². The number of carbonyl (C=O) groups is 5. The Labute approximate surface area is 228 Å². The van der Waals surface area contributed by atoms with Crippen LogP contribution in [-0.4, -0.2) is 107 Å². The van der Waals surface area contributed by atoms with Gasteiger partial charge in [0.25, 0.3) is 0 Å². The number of hydrazine groups is 1. The minimum Gasteiger partial charge on any atom is -0.541 e. The average Bonchev–Trinajstić information content (AvgIpc) is 3.60. The zero-order valence-corrected chi connectivity index (χ0v) is 22.0. The van der Waals surface area contributed by atoms with Crippen molar-refractivity contribution in [3.63, 3.8) is 0 Å². The maximum absolute atomic E-state index is 13.4. The van der Waals surface area contributed by atoms with E-state index in [0.717, 1.165) is 16.8 Å². The van der Waals surface area contributed by atoms with E-state index in [1.54, 1.807) is 19.2 Å². The molecule has 0 saturated carbocycles. The van der Waals surface area contributed by atoms with E-state index in [-0.39, 0.29) is 43.9 Å². The summed E-state index contributed by atoms with van der Waals surface area (Å²) in [7, 11) is 10.1. The molecule has 2 N–H and O–H groups in total. The second-order valence-corrected chi connectivity index (χ2v) is 11.1. The fraction of sp³-hybridized carbons (Fsp3) is 0.550. The number of Topliss-reactive ketones (excluding diaryl/α,β-unsaturated/α-hetero) is 1. The first kappa shape index (κ1) is 27.9. The number of oxime groups is 1. The quantitative estimate of drug-likeness (QED) is 0.0929. The molecule has 0 bridgehead atoms. The topological polar surface area (TPSA) is 174 Å². The molecule has 3 saturated heterocycles. The number of rotatable bonds is 10. The van der Waals surface area contributed by atoms with Gasteiger partial charge < -0.3 is 19.0 Å². The molecular formula is C20H22B2N6O8S2. The van der Waals surface area contributed by atoms with Gasteiger partial charge in [-0.3, -0.25) is 24.3 Å². The van der Waals surface area contributed by atoms with Gasteiger partial charge in [0.1, 0.15) is 5.69 Å². The van der Waals surface area contributed by atoms with Crippen LogP contribution in [0.3, 0.4) is 0 Å². The molecule has 3 fully saturated rings. The molecule has 18 heteroatoms. The van der Waals surface area contributed by atoms with E-state index in [4.69, 9.17) is 26.8 Å². The highest BCUT2D eigenvalue weighted by molar-refractivity contribution is 8.02. The summed E-state index contributed by atoms with van der Waals surface area (Å²) in [5.74, 6) is 2.08. The second-order valence-electron chi connectivity index (χ2n) is 8.66. The molecule has 3 amide bonds. The van der Waals surface area contributed by atoms with Crippen molar-refractivity contribution in [1.82, 2.24) is 19.8 Å². The lowest BCUT2D eigenvalue weighted by molar-refractivity contribution is -0.153. The van der Waals surface area contributed by atoms with Crippen molar-refractivity contribution in [2.75, 3.05) is 19.6 Å². The molecule has 3 aliphatic rings. The van der Waals surface area contributed by atoms with Gasteiger partial charge in [-0.15, -0.1) is 11.3 Å². The van der Waals surface area contributed by atoms with Gasteiger partial charge in [0, 0.05) is 18.3 Å². The molecule has 0 spiro atoms. The number of ketones is 1. The zero-order valence-electron chi connectivity index (χ0n) is 20.4. The molecule has 14 nitrogen and oxygen atoms in total. The monoisotopic (exact) mass is 560 g/mol. The predicted molar refractivity (Wildman–Crippen MR) is 134 cm³/mol. The first-order valence-electron chi connectivity index (χ1n) is 11.4. The molecule has 4 radical (unpaired) electrons. The van der Waals surface area contributed by atoms with Crippen molar-refractivity contribution in [2.24, 2.45) is 16.9 Å². The molecule has 4 atom stereocenters. The third-order valence-electron chi connectivity index (χ3n) is 6.41. The van der Waals surface area contributed by atoms with E-state index in [9.17, 15) is 24.0 Å². The molecule has 1 aromatic rings. The Kier molecular flexibility index (Phi) is 8.04. The van der Waals surface area contributed by atoms with Crippen LogP contribution in [-0.2, 0) is 33.3 Å². The van der Waals surface area contributed by atoms with Crippen molar-refractivity contribution in [3.05, 3.63) is 16.1 Å². The van der Waals surface area contributed by atoms with Gasteiger partial charge in [0.2, 0.25) is 16.9 Å². The Morgan fingerprint density at radius 2 is 2.03 bits per heavy atom. The summed E-state index contributed by atoms with van der Waals surface area (Å²) in [6.07, 6.45) is -1.29. The van der Waals surface area contributed by atoms with Gasteiger partial charge in [-0.2, -0.15) is 0 Å². The summed E-state index contributed by atoms with van der Waals surface area (Å²) in [4.78, 5) is 74.0. The Hall–Kier alpha value is -3.11. The summed E-state index contributed by atoms with van der Waals surface area (Å²) in [6.45, 7) is 3.49. The first-order chi connectivity index (χ1) is 18.1. The molecule has 1 unspecified atom stereocenters. The number of aromatic nitrogens is 1. The number of nitrogens with zero attached hydrogens (tertiary/aromatic N) is 5. The lowest BCUT2D eigenvalue weighted by atomic mass is 9.90. The predicted octanol–water partition coefficient (Wildman–Crippen LogP) is -0.998. The minimum atomic E-state index is -1.61. The number of fused-ring (bicyclic) bond motifs is 1. The number of urea groups is 1. The zero-order chi connectivity index (χ0) is 27.8. The summed E-state index contributed by atoms with van der Waals surface area (Å²) in [5.41, 5.74) is 0.0240. The highest BCUT2D eigenvalue weighted by atomic mass is 32.2. The van der Waals surface area contributed by atoms with Gasteiger partial charge in [-0.05, 0) is 13.3 Å². The van der Waals surface area contributed by atoms with Gasteiger partial charge in [-0.1, -0.05) is 23.8 Å². The van der Waals surface area contributed by atoms with E-state index >= 15 is 0 Å². The number of thioether (sulfide) groups is 1. The van der Waals surface area contributed by atoms with Crippen LogP contribution in [0.1, 0.15) is 30.5 Å². The summed E-state index contributed by atoms with van der Waals surface area (Å²) >= 11 is 2.27. The molecule has 4 rings (SSSR count). The molecule has 3 aliphatic heterocycles. The Balaban J connectivity index is 1.55. The molecule has 1 aromatic heterocycles. The van der Waals surface area contributed by atoms with Crippen molar-refractivity contribution in [3.8, 4) is 0 Å². The third kappa shape index (κ3) is 4.75. The van der Waals surface area contributed by atoms with Crippen LogP contribution >= 0.6 is 23.1 Å². The van der Waals surface area contributed by atoms with Crippen molar-refractivity contribution in [1.29, 1.82) is 0 Å². The van der Waals surface area contributed by atoms with Crippen LogP contribution in [0.2, 0.25) is 0 Å². The van der Waals surface area contributed by atoms with E-state index in [0.29, 0.717) is 5.01 Å². The standard InChI is InChI=1S/C20H22B2N6O8S2/c1-3-13(17(31)34-21)36-25-14(11-7-37-9(2)24-11)12(29)6-10-15(30)26-8-20(18(32)35-22,38-16(10)26)27-4-5-28(23)19(27)33/h7,10,13,16H,3-6,8,23H2,1-2H3/b25-14-/t10?,13-,16-,20-/m1/s1. The number of β-lactam (4-membered cyclic amide) rings is 1. The Morgan fingerprint density at radius 3 is 2.58 bits per heavy atom. The number of thiazole rings is 1. The fourth-order valence-electron chi connectivity index (χ4n) is 4.40. The largest absolute Gasteiger partial charge is 0.541 e. The van der Waals surface area contributed by atoms with Crippen LogP contribution in [0.5, 0.6) is 0 Å². The summed E-state index contributed by atoms with van der Waals surface area (Å²) in [6, 6.07) is -0.613. The average molecular weight is 560 g/mol. The van der Waals surface area contributed by atoms with Gasteiger partial charge in [-0.25, -0.2) is 20.4 Å². The molecule has 0 aliphatic carbocycles. The fourth-order valence-corrected chi connectivity index (χ4v) is 6.74. The molecule has 4 heterocycles. The van der Waals surface area contributed by atoms with Crippen molar-refractivity contribution < 1.29 is 38.1 Å². The van der Waals surface area contributed by atoms with Crippen LogP contribution in [0, 0.1) is 12.8 Å².